The predicted octanol–water partition coefficient (Wildman–Crippen LogP) is 3.44. The third kappa shape index (κ3) is 11.2. The van der Waals surface area contributed by atoms with Crippen LogP contribution in [0, 0.1) is 11.8 Å². The summed E-state index contributed by atoms with van der Waals surface area (Å²) in [5, 5.41) is 3.32. The van der Waals surface area contributed by atoms with Crippen LogP contribution in [0.25, 0.3) is 0 Å². The van der Waals surface area contributed by atoms with E-state index >= 15 is 0 Å². The van der Waals surface area contributed by atoms with Crippen molar-refractivity contribution in [1.29, 1.82) is 0 Å². The fraction of sp³-hybridized carbons (Fsp3) is 0.794. The zero-order valence-corrected chi connectivity index (χ0v) is 32.1. The third-order valence-electron chi connectivity index (χ3n) is 8.51. The fourth-order valence-electron chi connectivity index (χ4n) is 5.98. The number of ether oxygens (including phenoxy) is 2. The molecule has 2 fully saturated rings. The summed E-state index contributed by atoms with van der Waals surface area (Å²) in [4.78, 5) is 56.5. The molecule has 2 aliphatic heterocycles. The number of aromatic nitrogens is 2. The second-order valence-corrected chi connectivity index (χ2v) is 17.7. The van der Waals surface area contributed by atoms with Crippen molar-refractivity contribution in [2.45, 2.75) is 92.2 Å². The van der Waals surface area contributed by atoms with Crippen LogP contribution in [0.1, 0.15) is 91.3 Å². The van der Waals surface area contributed by atoms with Crippen molar-refractivity contribution < 1.29 is 32.3 Å². The van der Waals surface area contributed by atoms with Gasteiger partial charge in [-0.3, -0.25) is 9.59 Å². The lowest BCUT2D eigenvalue weighted by molar-refractivity contribution is -0.139. The Hall–Kier alpha value is -3.04. The van der Waals surface area contributed by atoms with Gasteiger partial charge in [-0.25, -0.2) is 23.2 Å². The van der Waals surface area contributed by atoms with E-state index in [0.717, 1.165) is 0 Å². The summed E-state index contributed by atoms with van der Waals surface area (Å²) in [6.45, 7) is 19.8. The van der Waals surface area contributed by atoms with Crippen LogP contribution in [0.4, 0.5) is 10.6 Å². The molecule has 0 saturated carbocycles. The number of methoxy groups -OCH3 is 1. The number of hydrogen-bond donors (Lipinski definition) is 1. The minimum absolute atomic E-state index is 0.00414. The number of piperidine rings is 1. The number of anilines is 1. The Morgan fingerprint density at radius 3 is 2.24 bits per heavy atom. The maximum atomic E-state index is 14.6. The molecule has 0 bridgehead atoms. The van der Waals surface area contributed by atoms with E-state index in [1.807, 2.05) is 34.6 Å². The Bertz CT molecular complexity index is 1400. The van der Waals surface area contributed by atoms with Crippen molar-refractivity contribution in [3.8, 4) is 0 Å². The van der Waals surface area contributed by atoms with E-state index in [1.165, 1.54) is 9.21 Å². The third-order valence-corrected chi connectivity index (χ3v) is 10.4. The molecule has 2 aliphatic rings. The largest absolute Gasteiger partial charge is 0.444 e. The Kier molecular flexibility index (Phi) is 13.8. The van der Waals surface area contributed by atoms with Gasteiger partial charge in [0.1, 0.15) is 22.8 Å². The van der Waals surface area contributed by atoms with Gasteiger partial charge in [-0.2, -0.15) is 4.31 Å². The molecule has 278 valence electrons. The van der Waals surface area contributed by atoms with Crippen molar-refractivity contribution in [2.75, 3.05) is 77.1 Å². The van der Waals surface area contributed by atoms with Gasteiger partial charge in [-0.15, -0.1) is 0 Å². The summed E-state index contributed by atoms with van der Waals surface area (Å²) in [7, 11) is -1.72. The smallest absolute Gasteiger partial charge is 0.410 e. The molecule has 49 heavy (non-hydrogen) atoms. The average molecular weight is 710 g/mol. The number of piperazine rings is 1. The maximum absolute atomic E-state index is 14.6. The highest BCUT2D eigenvalue weighted by molar-refractivity contribution is 7.89. The standard InChI is InChI=1S/C34H59N7O7S/c1-11-49(45,46)40-16-14-38(15-17-40)29(42)25-19-26(23-39(22-25)32(44)48-34(7,8)9)41(21-24(2)3)30(43)27-20-36-31(33(4,5)6)37-28(27)35-13-12-18-47-10/h20,24-26H,11-19,21-23H2,1-10H3,(H,35,36,37)/t25-,26+/m1/s1. The molecule has 3 amide bonds. The van der Waals surface area contributed by atoms with Crippen molar-refractivity contribution in [3.05, 3.63) is 17.6 Å². The van der Waals surface area contributed by atoms with Crippen LogP contribution in [0.5, 0.6) is 0 Å². The van der Waals surface area contributed by atoms with Crippen molar-refractivity contribution in [3.63, 3.8) is 0 Å². The monoisotopic (exact) mass is 709 g/mol. The summed E-state index contributed by atoms with van der Waals surface area (Å²) in [6, 6.07) is -0.504. The summed E-state index contributed by atoms with van der Waals surface area (Å²) in [5.41, 5.74) is -0.788. The second kappa shape index (κ2) is 16.8. The van der Waals surface area contributed by atoms with Crippen molar-refractivity contribution in [2.24, 2.45) is 11.8 Å². The first-order chi connectivity index (χ1) is 22.8. The first-order valence-electron chi connectivity index (χ1n) is 17.4. The highest BCUT2D eigenvalue weighted by Gasteiger charge is 2.42. The van der Waals surface area contributed by atoms with Gasteiger partial charge in [-0.05, 0) is 46.5 Å². The number of rotatable bonds is 12. The van der Waals surface area contributed by atoms with E-state index in [9.17, 15) is 22.8 Å². The van der Waals surface area contributed by atoms with Crippen LogP contribution in [0.3, 0.4) is 0 Å². The quantitative estimate of drug-likeness (QED) is 0.319. The number of hydrogen-bond acceptors (Lipinski definition) is 10. The van der Waals surface area contributed by atoms with Crippen molar-refractivity contribution >= 4 is 33.7 Å². The van der Waals surface area contributed by atoms with Crippen LogP contribution in [0.2, 0.25) is 0 Å². The van der Waals surface area contributed by atoms with Gasteiger partial charge >= 0.3 is 6.09 Å². The van der Waals surface area contributed by atoms with E-state index in [4.69, 9.17) is 14.5 Å². The SMILES string of the molecule is CCS(=O)(=O)N1CCN(C(=O)[C@@H]2C[C@H](N(CC(C)C)C(=O)c3cnc(C(C)(C)C)nc3NCCCOC)CN(C(=O)OC(C)(C)C)C2)CC1. The van der Waals surface area contributed by atoms with Gasteiger partial charge < -0.3 is 29.5 Å². The Balaban J connectivity index is 1.98. The van der Waals surface area contributed by atoms with Crippen LogP contribution >= 0.6 is 0 Å². The molecule has 0 radical (unpaired) electrons. The lowest BCUT2D eigenvalue weighted by Gasteiger charge is -2.44. The van der Waals surface area contributed by atoms with E-state index in [-0.39, 0.29) is 68.2 Å². The van der Waals surface area contributed by atoms with E-state index < -0.39 is 33.7 Å². The molecule has 2 atom stereocenters. The van der Waals surface area contributed by atoms with E-state index in [1.54, 1.807) is 50.8 Å². The topological polar surface area (TPSA) is 155 Å². The molecule has 0 spiro atoms. The summed E-state index contributed by atoms with van der Waals surface area (Å²) >= 11 is 0. The molecule has 15 heteroatoms. The van der Waals surface area contributed by atoms with E-state index in [0.29, 0.717) is 49.7 Å². The van der Waals surface area contributed by atoms with E-state index in [2.05, 4.69) is 10.3 Å². The summed E-state index contributed by atoms with van der Waals surface area (Å²) in [5.74, 6) is 0.0448. The van der Waals surface area contributed by atoms with Gasteiger partial charge in [0.25, 0.3) is 5.91 Å². The lowest BCUT2D eigenvalue weighted by Crippen LogP contribution is -2.59. The zero-order valence-electron chi connectivity index (χ0n) is 31.2. The number of likely N-dealkylation sites (tertiary alicyclic amines) is 1. The molecule has 1 aromatic heterocycles. The summed E-state index contributed by atoms with van der Waals surface area (Å²) < 4.78 is 37.2. The molecule has 2 saturated heterocycles. The number of nitrogens with zero attached hydrogens (tertiary/aromatic N) is 6. The molecule has 0 unspecified atom stereocenters. The zero-order chi connectivity index (χ0) is 36.7. The highest BCUT2D eigenvalue weighted by Crippen LogP contribution is 2.29. The van der Waals surface area contributed by atoms with Gasteiger partial charge in [0.15, 0.2) is 0 Å². The molecule has 0 aromatic carbocycles. The Morgan fingerprint density at radius 2 is 1.69 bits per heavy atom. The molecule has 0 aliphatic carbocycles. The molecule has 3 heterocycles. The van der Waals surface area contributed by atoms with Gasteiger partial charge in [0, 0.05) is 77.7 Å². The number of amides is 3. The molecular formula is C34H59N7O7S. The number of carbonyl (C=O) groups excluding carboxylic acids is 3. The first kappa shape index (κ1) is 40.4. The molecule has 1 N–H and O–H groups in total. The first-order valence-corrected chi connectivity index (χ1v) is 19.0. The summed E-state index contributed by atoms with van der Waals surface area (Å²) in [6.07, 6.45) is 2.07. The van der Waals surface area contributed by atoms with Crippen LogP contribution in [-0.4, -0.2) is 139 Å². The Morgan fingerprint density at radius 1 is 1.04 bits per heavy atom. The fourth-order valence-corrected chi connectivity index (χ4v) is 7.07. The van der Waals surface area contributed by atoms with Crippen LogP contribution in [-0.2, 0) is 29.7 Å². The number of carbonyl (C=O) groups is 3. The molecular weight excluding hydrogens is 650 g/mol. The van der Waals surface area contributed by atoms with Crippen molar-refractivity contribution in [1.82, 2.24) is 29.0 Å². The lowest BCUT2D eigenvalue weighted by atomic mass is 9.91. The van der Waals surface area contributed by atoms with Crippen LogP contribution in [0.15, 0.2) is 6.20 Å². The van der Waals surface area contributed by atoms with Gasteiger partial charge in [-0.1, -0.05) is 34.6 Å². The highest BCUT2D eigenvalue weighted by atomic mass is 32.2. The predicted molar refractivity (Wildman–Crippen MR) is 189 cm³/mol. The number of sulfonamides is 1. The Labute approximate surface area is 293 Å². The second-order valence-electron chi connectivity index (χ2n) is 15.4. The van der Waals surface area contributed by atoms with Gasteiger partial charge in [0.05, 0.1) is 17.7 Å². The van der Waals surface area contributed by atoms with Crippen LogP contribution < -0.4 is 5.32 Å². The number of nitrogens with one attached hydrogen (secondary N) is 1. The molecule has 3 rings (SSSR count). The maximum Gasteiger partial charge on any atom is 0.410 e. The average Bonchev–Trinajstić information content (AvgIpc) is 3.03. The molecule has 14 nitrogen and oxygen atoms in total. The normalized spacial score (nSPS) is 19.6. The van der Waals surface area contributed by atoms with Gasteiger partial charge in [0.2, 0.25) is 15.9 Å². The minimum atomic E-state index is -3.36. The molecule has 1 aromatic rings. The minimum Gasteiger partial charge on any atom is -0.444 e.